The fourth-order valence-corrected chi connectivity index (χ4v) is 2.02. The van der Waals surface area contributed by atoms with Gasteiger partial charge >= 0.3 is 0 Å². The van der Waals surface area contributed by atoms with E-state index in [-0.39, 0.29) is 12.3 Å². The van der Waals surface area contributed by atoms with Gasteiger partial charge in [0.15, 0.2) is 0 Å². The molecule has 0 aliphatic rings. The number of aromatic nitrogens is 3. The predicted molar refractivity (Wildman–Crippen MR) is 84.0 cm³/mol. The quantitative estimate of drug-likeness (QED) is 0.574. The molecule has 0 saturated heterocycles. The summed E-state index contributed by atoms with van der Waals surface area (Å²) in [5, 5.41) is 10.8. The highest BCUT2D eigenvalue weighted by atomic mass is 32.2. The highest BCUT2D eigenvalue weighted by molar-refractivity contribution is 7.89. The number of sulfonamides is 1. The minimum absolute atomic E-state index is 0.145. The molecule has 0 amide bonds. The third-order valence-electron chi connectivity index (χ3n) is 2.67. The van der Waals surface area contributed by atoms with Crippen molar-refractivity contribution in [1.29, 1.82) is 0 Å². The van der Waals surface area contributed by atoms with E-state index in [0.717, 1.165) is 13.1 Å². The molecule has 0 aromatic carbocycles. The first-order chi connectivity index (χ1) is 9.89. The Morgan fingerprint density at radius 3 is 2.10 bits per heavy atom. The summed E-state index contributed by atoms with van der Waals surface area (Å²) < 4.78 is 21.8. The van der Waals surface area contributed by atoms with Gasteiger partial charge in [-0.1, -0.05) is 0 Å². The lowest BCUT2D eigenvalue weighted by Crippen LogP contribution is -2.26. The smallest absolute Gasteiger partial charge is 0.231 e. The molecule has 0 saturated carbocycles. The second-order valence-corrected chi connectivity index (χ2v) is 6.01. The average molecular weight is 317 g/mol. The second kappa shape index (κ2) is 7.93. The molecule has 9 nitrogen and oxygen atoms in total. The minimum Gasteiger partial charge on any atom is -0.354 e. The molecule has 0 atom stereocenters. The maximum Gasteiger partial charge on any atom is 0.231 e. The molecule has 1 aromatic heterocycles. The van der Waals surface area contributed by atoms with E-state index in [0.29, 0.717) is 24.4 Å². The molecule has 1 heterocycles. The van der Waals surface area contributed by atoms with Crippen molar-refractivity contribution in [2.24, 2.45) is 5.14 Å². The lowest BCUT2D eigenvalue weighted by Gasteiger charge is -2.19. The van der Waals surface area contributed by atoms with Crippen LogP contribution in [0.3, 0.4) is 0 Å². The molecule has 10 heteroatoms. The fourth-order valence-electron chi connectivity index (χ4n) is 1.63. The number of nitrogens with zero attached hydrogens (tertiary/aromatic N) is 4. The lowest BCUT2D eigenvalue weighted by molar-refractivity contribution is 0.598. The van der Waals surface area contributed by atoms with Crippen molar-refractivity contribution >= 4 is 27.9 Å². The van der Waals surface area contributed by atoms with E-state index in [2.05, 4.69) is 25.6 Å². The van der Waals surface area contributed by atoms with Crippen molar-refractivity contribution in [2.45, 2.75) is 20.8 Å². The molecule has 21 heavy (non-hydrogen) atoms. The highest BCUT2D eigenvalue weighted by Crippen LogP contribution is 2.13. The van der Waals surface area contributed by atoms with E-state index in [4.69, 9.17) is 5.14 Å². The van der Waals surface area contributed by atoms with Crippen LogP contribution < -0.4 is 20.7 Å². The van der Waals surface area contributed by atoms with Gasteiger partial charge in [0.05, 0.1) is 5.75 Å². The zero-order valence-corrected chi connectivity index (χ0v) is 13.4. The summed E-state index contributed by atoms with van der Waals surface area (Å²) in [7, 11) is -3.51. The summed E-state index contributed by atoms with van der Waals surface area (Å²) in [6.07, 6.45) is 0. The summed E-state index contributed by atoms with van der Waals surface area (Å²) >= 11 is 0. The summed E-state index contributed by atoms with van der Waals surface area (Å²) in [5.74, 6) is 1.14. The van der Waals surface area contributed by atoms with Crippen molar-refractivity contribution in [3.8, 4) is 0 Å². The first-order valence-electron chi connectivity index (χ1n) is 6.88. The van der Waals surface area contributed by atoms with Gasteiger partial charge in [0.1, 0.15) is 0 Å². The minimum atomic E-state index is -3.51. The molecule has 1 rings (SSSR count). The number of rotatable bonds is 9. The number of hydrogen-bond acceptors (Lipinski definition) is 8. The van der Waals surface area contributed by atoms with Gasteiger partial charge in [0.2, 0.25) is 27.9 Å². The molecule has 4 N–H and O–H groups in total. The standard InChI is InChI=1S/C11H23N7O2S/c1-4-13-9-15-10(14-7-8-21(12,19)20)17-11(16-9)18(5-2)6-3/h4-8H2,1-3H3,(H2,12,19,20)(H2,13,14,15,16,17). The molecule has 0 spiro atoms. The van der Waals surface area contributed by atoms with Crippen molar-refractivity contribution < 1.29 is 8.42 Å². The van der Waals surface area contributed by atoms with Gasteiger partial charge in [-0.25, -0.2) is 13.6 Å². The Balaban J connectivity index is 2.91. The van der Waals surface area contributed by atoms with Crippen LogP contribution in [-0.4, -0.2) is 55.3 Å². The largest absolute Gasteiger partial charge is 0.354 e. The number of nitrogens with one attached hydrogen (secondary N) is 2. The van der Waals surface area contributed by atoms with Gasteiger partial charge in [-0.3, -0.25) is 0 Å². The summed E-state index contributed by atoms with van der Waals surface area (Å²) in [6.45, 7) is 8.31. The van der Waals surface area contributed by atoms with Crippen LogP contribution in [-0.2, 0) is 10.0 Å². The van der Waals surface area contributed by atoms with Gasteiger partial charge in [-0.2, -0.15) is 15.0 Å². The SMILES string of the molecule is CCNc1nc(NCCS(N)(=O)=O)nc(N(CC)CC)n1. The first kappa shape index (κ1) is 17.4. The van der Waals surface area contributed by atoms with E-state index in [1.54, 1.807) is 0 Å². The maximum atomic E-state index is 10.9. The zero-order valence-electron chi connectivity index (χ0n) is 12.6. The monoisotopic (exact) mass is 317 g/mol. The van der Waals surface area contributed by atoms with Crippen LogP contribution in [0.25, 0.3) is 0 Å². The molecule has 0 bridgehead atoms. The van der Waals surface area contributed by atoms with Crippen LogP contribution in [0.15, 0.2) is 0 Å². The molecular weight excluding hydrogens is 294 g/mol. The topological polar surface area (TPSA) is 126 Å². The van der Waals surface area contributed by atoms with E-state index >= 15 is 0 Å². The second-order valence-electron chi connectivity index (χ2n) is 4.28. The Morgan fingerprint density at radius 1 is 1.05 bits per heavy atom. The first-order valence-corrected chi connectivity index (χ1v) is 8.60. The Morgan fingerprint density at radius 2 is 1.62 bits per heavy atom. The normalized spacial score (nSPS) is 11.2. The van der Waals surface area contributed by atoms with Crippen LogP contribution >= 0.6 is 0 Å². The van der Waals surface area contributed by atoms with Gasteiger partial charge in [-0.15, -0.1) is 0 Å². The molecule has 0 radical (unpaired) electrons. The molecule has 0 unspecified atom stereocenters. The molecule has 1 aromatic rings. The van der Waals surface area contributed by atoms with E-state index in [9.17, 15) is 8.42 Å². The van der Waals surface area contributed by atoms with Gasteiger partial charge in [-0.05, 0) is 20.8 Å². The Bertz CT molecular complexity index is 546. The Hall–Kier alpha value is -1.68. The van der Waals surface area contributed by atoms with Crippen molar-refractivity contribution in [1.82, 2.24) is 15.0 Å². The van der Waals surface area contributed by atoms with Crippen LogP contribution in [0.4, 0.5) is 17.8 Å². The summed E-state index contributed by atoms with van der Waals surface area (Å²) in [5.41, 5.74) is 0. The Kier molecular flexibility index (Phi) is 6.56. The molecule has 120 valence electrons. The van der Waals surface area contributed by atoms with Gasteiger partial charge in [0.25, 0.3) is 0 Å². The molecule has 0 aliphatic carbocycles. The highest BCUT2D eigenvalue weighted by Gasteiger charge is 2.11. The summed E-state index contributed by atoms with van der Waals surface area (Å²) in [4.78, 5) is 14.8. The van der Waals surface area contributed by atoms with Crippen LogP contribution in [0.2, 0.25) is 0 Å². The molecular formula is C11H23N7O2S. The number of anilines is 3. The fraction of sp³-hybridized carbons (Fsp3) is 0.727. The zero-order chi connectivity index (χ0) is 15.9. The van der Waals surface area contributed by atoms with Crippen molar-refractivity contribution in [3.05, 3.63) is 0 Å². The van der Waals surface area contributed by atoms with E-state index in [1.165, 1.54) is 0 Å². The Labute approximate surface area is 125 Å². The molecule has 0 fully saturated rings. The molecule has 0 aliphatic heterocycles. The number of primary sulfonamides is 1. The van der Waals surface area contributed by atoms with E-state index < -0.39 is 10.0 Å². The summed E-state index contributed by atoms with van der Waals surface area (Å²) in [6, 6.07) is 0. The van der Waals surface area contributed by atoms with E-state index in [1.807, 2.05) is 25.7 Å². The predicted octanol–water partition coefficient (Wildman–Crippen LogP) is -0.150. The van der Waals surface area contributed by atoms with Gasteiger partial charge in [0, 0.05) is 26.2 Å². The number of nitrogens with two attached hydrogens (primary N) is 1. The van der Waals surface area contributed by atoms with Crippen LogP contribution in [0.5, 0.6) is 0 Å². The van der Waals surface area contributed by atoms with Gasteiger partial charge < -0.3 is 15.5 Å². The van der Waals surface area contributed by atoms with Crippen molar-refractivity contribution in [3.63, 3.8) is 0 Å². The average Bonchev–Trinajstić information content (AvgIpc) is 2.39. The maximum absolute atomic E-state index is 10.9. The number of hydrogen-bond donors (Lipinski definition) is 3. The van der Waals surface area contributed by atoms with Crippen molar-refractivity contribution in [2.75, 3.05) is 47.5 Å². The van der Waals surface area contributed by atoms with Crippen LogP contribution in [0.1, 0.15) is 20.8 Å². The third-order valence-corrected chi connectivity index (χ3v) is 3.45. The lowest BCUT2D eigenvalue weighted by atomic mass is 10.5. The van der Waals surface area contributed by atoms with Crippen LogP contribution in [0, 0.1) is 0 Å². The third kappa shape index (κ3) is 6.08.